The van der Waals surface area contributed by atoms with E-state index in [-0.39, 0.29) is 0 Å². The van der Waals surface area contributed by atoms with Crippen molar-refractivity contribution in [1.29, 1.82) is 0 Å². The van der Waals surface area contributed by atoms with Gasteiger partial charge in [-0.3, -0.25) is 4.98 Å². The molecule has 0 radical (unpaired) electrons. The van der Waals surface area contributed by atoms with Crippen molar-refractivity contribution < 1.29 is 0 Å². The predicted octanol–water partition coefficient (Wildman–Crippen LogP) is 3.61. The first-order valence-corrected chi connectivity index (χ1v) is 6.28. The van der Waals surface area contributed by atoms with Crippen molar-refractivity contribution in [3.05, 3.63) is 51.4 Å². The van der Waals surface area contributed by atoms with E-state index in [2.05, 4.69) is 47.1 Å². The third kappa shape index (κ3) is 3.28. The minimum atomic E-state index is 0.691. The molecule has 0 fully saturated rings. The second-order valence-electron chi connectivity index (χ2n) is 3.19. The molecule has 0 unspecified atom stereocenters. The van der Waals surface area contributed by atoms with Crippen LogP contribution in [0.3, 0.4) is 0 Å². The monoisotopic (exact) mass is 341 g/mol. The Bertz CT molecular complexity index is 408. The minimum Gasteiger partial charge on any atom is -0.378 e. The standard InChI is InChI=1S/C11H9Br2N3/c12-8-1-2-9(14-5-8)6-15-10-3-4-11(13)16-7-10/h1-5,7,15H,6H2. The van der Waals surface area contributed by atoms with Crippen LogP contribution in [0.25, 0.3) is 0 Å². The van der Waals surface area contributed by atoms with E-state index in [4.69, 9.17) is 0 Å². The summed E-state index contributed by atoms with van der Waals surface area (Å²) in [5.41, 5.74) is 1.97. The summed E-state index contributed by atoms with van der Waals surface area (Å²) in [5, 5.41) is 3.25. The molecule has 5 heteroatoms. The highest BCUT2D eigenvalue weighted by atomic mass is 79.9. The van der Waals surface area contributed by atoms with Gasteiger partial charge in [-0.25, -0.2) is 4.98 Å². The van der Waals surface area contributed by atoms with Gasteiger partial charge in [0.2, 0.25) is 0 Å². The van der Waals surface area contributed by atoms with Crippen LogP contribution in [0.2, 0.25) is 0 Å². The topological polar surface area (TPSA) is 37.8 Å². The summed E-state index contributed by atoms with van der Waals surface area (Å²) in [6.07, 6.45) is 3.57. The van der Waals surface area contributed by atoms with Crippen LogP contribution < -0.4 is 5.32 Å². The van der Waals surface area contributed by atoms with E-state index in [0.29, 0.717) is 6.54 Å². The first kappa shape index (κ1) is 11.5. The van der Waals surface area contributed by atoms with Gasteiger partial charge in [0.1, 0.15) is 4.60 Å². The Kier molecular flexibility index (Phi) is 3.90. The quantitative estimate of drug-likeness (QED) is 0.866. The SMILES string of the molecule is Brc1ccc(CNc2ccc(Br)nc2)nc1. The molecular weight excluding hydrogens is 334 g/mol. The van der Waals surface area contributed by atoms with Gasteiger partial charge in [0.05, 0.1) is 24.1 Å². The molecule has 2 heterocycles. The van der Waals surface area contributed by atoms with Gasteiger partial charge in [0.25, 0.3) is 0 Å². The summed E-state index contributed by atoms with van der Waals surface area (Å²) in [5.74, 6) is 0. The number of hydrogen-bond donors (Lipinski definition) is 1. The van der Waals surface area contributed by atoms with Crippen molar-refractivity contribution in [1.82, 2.24) is 9.97 Å². The molecule has 2 aromatic heterocycles. The molecule has 0 atom stereocenters. The second kappa shape index (κ2) is 5.41. The molecule has 2 aromatic rings. The summed E-state index contributed by atoms with van der Waals surface area (Å²) in [4.78, 5) is 8.40. The van der Waals surface area contributed by atoms with Gasteiger partial charge in [-0.2, -0.15) is 0 Å². The molecule has 0 aliphatic rings. The smallest absolute Gasteiger partial charge is 0.106 e. The third-order valence-corrected chi connectivity index (χ3v) is 2.93. The van der Waals surface area contributed by atoms with E-state index >= 15 is 0 Å². The van der Waals surface area contributed by atoms with Crippen molar-refractivity contribution in [2.45, 2.75) is 6.54 Å². The fourth-order valence-electron chi connectivity index (χ4n) is 1.18. The average Bonchev–Trinajstić information content (AvgIpc) is 2.30. The Morgan fingerprint density at radius 2 is 1.88 bits per heavy atom. The van der Waals surface area contributed by atoms with E-state index in [9.17, 15) is 0 Å². The van der Waals surface area contributed by atoms with Crippen LogP contribution in [0.1, 0.15) is 5.69 Å². The molecular formula is C11H9Br2N3. The zero-order valence-electron chi connectivity index (χ0n) is 8.32. The molecule has 0 aliphatic heterocycles. The highest BCUT2D eigenvalue weighted by molar-refractivity contribution is 9.10. The normalized spacial score (nSPS) is 10.1. The number of rotatable bonds is 3. The molecule has 3 nitrogen and oxygen atoms in total. The van der Waals surface area contributed by atoms with Crippen LogP contribution in [-0.4, -0.2) is 9.97 Å². The van der Waals surface area contributed by atoms with Crippen LogP contribution in [0, 0.1) is 0 Å². The van der Waals surface area contributed by atoms with Crippen LogP contribution >= 0.6 is 31.9 Å². The summed E-state index contributed by atoms with van der Waals surface area (Å²) in [6.45, 7) is 0.691. The van der Waals surface area contributed by atoms with Crippen molar-refractivity contribution in [2.75, 3.05) is 5.32 Å². The lowest BCUT2D eigenvalue weighted by atomic mass is 10.3. The fourth-order valence-corrected chi connectivity index (χ4v) is 1.65. The van der Waals surface area contributed by atoms with Gasteiger partial charge in [-0.05, 0) is 56.1 Å². The average molecular weight is 343 g/mol. The van der Waals surface area contributed by atoms with Gasteiger partial charge >= 0.3 is 0 Å². The molecule has 0 spiro atoms. The van der Waals surface area contributed by atoms with Crippen LogP contribution in [0.5, 0.6) is 0 Å². The number of hydrogen-bond acceptors (Lipinski definition) is 3. The summed E-state index contributed by atoms with van der Waals surface area (Å²) in [6, 6.07) is 7.82. The van der Waals surface area contributed by atoms with E-state index in [1.54, 1.807) is 12.4 Å². The minimum absolute atomic E-state index is 0.691. The molecule has 0 saturated heterocycles. The lowest BCUT2D eigenvalue weighted by Crippen LogP contribution is -2.01. The highest BCUT2D eigenvalue weighted by Gasteiger charge is 1.96. The Labute approximate surface area is 111 Å². The predicted molar refractivity (Wildman–Crippen MR) is 71.2 cm³/mol. The molecule has 1 N–H and O–H groups in total. The highest BCUT2D eigenvalue weighted by Crippen LogP contribution is 2.12. The van der Waals surface area contributed by atoms with Crippen molar-refractivity contribution >= 4 is 37.5 Å². The van der Waals surface area contributed by atoms with Crippen molar-refractivity contribution in [2.24, 2.45) is 0 Å². The largest absolute Gasteiger partial charge is 0.378 e. The Morgan fingerprint density at radius 3 is 2.50 bits per heavy atom. The first-order valence-electron chi connectivity index (χ1n) is 4.70. The van der Waals surface area contributed by atoms with Crippen molar-refractivity contribution in [3.63, 3.8) is 0 Å². The van der Waals surface area contributed by atoms with Gasteiger partial charge in [-0.1, -0.05) is 0 Å². The van der Waals surface area contributed by atoms with E-state index < -0.39 is 0 Å². The lowest BCUT2D eigenvalue weighted by molar-refractivity contribution is 1.04. The zero-order valence-corrected chi connectivity index (χ0v) is 11.5. The van der Waals surface area contributed by atoms with Crippen LogP contribution in [0.4, 0.5) is 5.69 Å². The van der Waals surface area contributed by atoms with Crippen LogP contribution in [-0.2, 0) is 6.54 Å². The molecule has 82 valence electrons. The molecule has 0 amide bonds. The number of nitrogens with zero attached hydrogens (tertiary/aromatic N) is 2. The molecule has 2 rings (SSSR count). The summed E-state index contributed by atoms with van der Waals surface area (Å²) in [7, 11) is 0. The molecule has 0 aliphatic carbocycles. The number of anilines is 1. The Morgan fingerprint density at radius 1 is 1.00 bits per heavy atom. The number of nitrogens with one attached hydrogen (secondary N) is 1. The lowest BCUT2D eigenvalue weighted by Gasteiger charge is -2.05. The second-order valence-corrected chi connectivity index (χ2v) is 4.92. The maximum atomic E-state index is 4.27. The van der Waals surface area contributed by atoms with Gasteiger partial charge < -0.3 is 5.32 Å². The summed E-state index contributed by atoms with van der Waals surface area (Å²) >= 11 is 6.64. The number of aromatic nitrogens is 2. The third-order valence-electron chi connectivity index (χ3n) is 1.99. The van der Waals surface area contributed by atoms with Gasteiger partial charge in [0, 0.05) is 10.7 Å². The zero-order chi connectivity index (χ0) is 11.4. The van der Waals surface area contributed by atoms with Crippen molar-refractivity contribution in [3.8, 4) is 0 Å². The number of pyridine rings is 2. The van der Waals surface area contributed by atoms with Gasteiger partial charge in [0.15, 0.2) is 0 Å². The van der Waals surface area contributed by atoms with E-state index in [0.717, 1.165) is 20.5 Å². The first-order chi connectivity index (χ1) is 7.74. The maximum absolute atomic E-state index is 4.27. The Balaban J connectivity index is 1.97. The molecule has 0 saturated carbocycles. The molecule has 16 heavy (non-hydrogen) atoms. The number of halogens is 2. The maximum Gasteiger partial charge on any atom is 0.106 e. The van der Waals surface area contributed by atoms with E-state index in [1.807, 2.05) is 24.3 Å². The molecule has 0 bridgehead atoms. The van der Waals surface area contributed by atoms with E-state index in [1.165, 1.54) is 0 Å². The molecule has 0 aromatic carbocycles. The Hall–Kier alpha value is -0.940. The van der Waals surface area contributed by atoms with Crippen LogP contribution in [0.15, 0.2) is 45.7 Å². The summed E-state index contributed by atoms with van der Waals surface area (Å²) < 4.78 is 1.82. The fraction of sp³-hybridized carbons (Fsp3) is 0.0909. The van der Waals surface area contributed by atoms with Gasteiger partial charge in [-0.15, -0.1) is 0 Å².